The highest BCUT2D eigenvalue weighted by molar-refractivity contribution is 9.10. The summed E-state index contributed by atoms with van der Waals surface area (Å²) in [6.07, 6.45) is 0. The van der Waals surface area contributed by atoms with Crippen molar-refractivity contribution >= 4 is 50.5 Å². The summed E-state index contributed by atoms with van der Waals surface area (Å²) in [5.74, 6) is 0.857. The number of rotatable bonds is 4. The highest BCUT2D eigenvalue weighted by atomic mass is 79.9. The lowest BCUT2D eigenvalue weighted by molar-refractivity contribution is 0.340. The maximum absolute atomic E-state index is 6.44. The summed E-state index contributed by atoms with van der Waals surface area (Å²) in [6, 6.07) is 9.77. The lowest BCUT2D eigenvalue weighted by Crippen LogP contribution is -1.93. The third-order valence-electron chi connectivity index (χ3n) is 2.40. The van der Waals surface area contributed by atoms with Gasteiger partial charge in [-0.25, -0.2) is 0 Å². The standard InChI is InChI=1S/C13H11BrCl2OS/c1-2-17-9-5-3-8(4-6-9)12(15)11-7-10(14)13(16)18-11/h3-7,12H,2H2,1H3. The molecule has 0 aliphatic heterocycles. The van der Waals surface area contributed by atoms with Crippen LogP contribution in [0, 0.1) is 0 Å². The molecule has 0 fully saturated rings. The van der Waals surface area contributed by atoms with Gasteiger partial charge in [-0.15, -0.1) is 22.9 Å². The van der Waals surface area contributed by atoms with Crippen molar-refractivity contribution in [3.05, 3.63) is 49.6 Å². The Hall–Kier alpha value is -0.220. The van der Waals surface area contributed by atoms with E-state index in [2.05, 4.69) is 15.9 Å². The van der Waals surface area contributed by atoms with Crippen molar-refractivity contribution < 1.29 is 4.74 Å². The summed E-state index contributed by atoms with van der Waals surface area (Å²) < 4.78 is 7.01. The number of alkyl halides is 1. The van der Waals surface area contributed by atoms with E-state index in [0.717, 1.165) is 25.0 Å². The molecule has 1 atom stereocenters. The zero-order valence-electron chi connectivity index (χ0n) is 9.62. The van der Waals surface area contributed by atoms with Crippen LogP contribution in [0.4, 0.5) is 0 Å². The molecule has 1 unspecified atom stereocenters. The van der Waals surface area contributed by atoms with Gasteiger partial charge in [0.15, 0.2) is 0 Å². The van der Waals surface area contributed by atoms with E-state index in [9.17, 15) is 0 Å². The van der Waals surface area contributed by atoms with Crippen LogP contribution in [0.3, 0.4) is 0 Å². The molecule has 0 saturated heterocycles. The van der Waals surface area contributed by atoms with Crippen molar-refractivity contribution in [1.29, 1.82) is 0 Å². The minimum atomic E-state index is -0.186. The lowest BCUT2D eigenvalue weighted by Gasteiger charge is -2.09. The van der Waals surface area contributed by atoms with Gasteiger partial charge in [0.05, 0.1) is 12.0 Å². The molecule has 0 N–H and O–H groups in total. The number of hydrogen-bond donors (Lipinski definition) is 0. The SMILES string of the molecule is CCOc1ccc(C(Cl)c2cc(Br)c(Cl)s2)cc1. The molecule has 2 rings (SSSR count). The third-order valence-corrected chi connectivity index (χ3v) is 5.55. The number of hydrogen-bond acceptors (Lipinski definition) is 2. The van der Waals surface area contributed by atoms with E-state index in [4.69, 9.17) is 27.9 Å². The van der Waals surface area contributed by atoms with E-state index in [-0.39, 0.29) is 5.38 Å². The Balaban J connectivity index is 2.20. The Bertz CT molecular complexity index is 505. The second-order valence-corrected chi connectivity index (χ2v) is 6.61. The average molecular weight is 366 g/mol. The first-order chi connectivity index (χ1) is 8.61. The number of halogens is 3. The molecule has 0 bridgehead atoms. The lowest BCUT2D eigenvalue weighted by atomic mass is 10.1. The van der Waals surface area contributed by atoms with Crippen LogP contribution in [-0.4, -0.2) is 6.61 Å². The van der Waals surface area contributed by atoms with Crippen molar-refractivity contribution in [2.24, 2.45) is 0 Å². The minimum Gasteiger partial charge on any atom is -0.494 e. The topological polar surface area (TPSA) is 9.23 Å². The highest BCUT2D eigenvalue weighted by Crippen LogP contribution is 2.40. The highest BCUT2D eigenvalue weighted by Gasteiger charge is 2.15. The molecule has 1 aromatic heterocycles. The van der Waals surface area contributed by atoms with Gasteiger partial charge < -0.3 is 4.74 Å². The second kappa shape index (κ2) is 6.29. The summed E-state index contributed by atoms with van der Waals surface area (Å²) >= 11 is 17.3. The minimum absolute atomic E-state index is 0.186. The summed E-state index contributed by atoms with van der Waals surface area (Å²) in [4.78, 5) is 1.03. The molecular weight excluding hydrogens is 355 g/mol. The van der Waals surface area contributed by atoms with E-state index in [1.807, 2.05) is 37.3 Å². The van der Waals surface area contributed by atoms with E-state index in [0.29, 0.717) is 6.61 Å². The van der Waals surface area contributed by atoms with Gasteiger partial charge in [-0.1, -0.05) is 23.7 Å². The Kier molecular flexibility index (Phi) is 4.96. The van der Waals surface area contributed by atoms with Gasteiger partial charge >= 0.3 is 0 Å². The zero-order valence-corrected chi connectivity index (χ0v) is 13.5. The molecule has 0 radical (unpaired) electrons. The molecule has 0 aliphatic rings. The van der Waals surface area contributed by atoms with Crippen LogP contribution in [0.25, 0.3) is 0 Å². The third kappa shape index (κ3) is 3.21. The van der Waals surface area contributed by atoms with E-state index < -0.39 is 0 Å². The largest absolute Gasteiger partial charge is 0.494 e. The van der Waals surface area contributed by atoms with Crippen LogP contribution in [-0.2, 0) is 0 Å². The fourth-order valence-corrected chi connectivity index (χ4v) is 3.64. The smallest absolute Gasteiger partial charge is 0.119 e. The fourth-order valence-electron chi connectivity index (χ4n) is 1.55. The quantitative estimate of drug-likeness (QED) is 0.613. The van der Waals surface area contributed by atoms with Gasteiger partial charge in [-0.3, -0.25) is 0 Å². The predicted octanol–water partition coefficient (Wildman–Crippen LogP) is 5.89. The molecular formula is C13H11BrCl2OS. The van der Waals surface area contributed by atoms with Crippen LogP contribution >= 0.6 is 50.5 Å². The van der Waals surface area contributed by atoms with Gasteiger partial charge in [0, 0.05) is 9.35 Å². The first kappa shape index (κ1) is 14.2. The van der Waals surface area contributed by atoms with Gasteiger partial charge in [-0.2, -0.15) is 0 Å². The van der Waals surface area contributed by atoms with Crippen molar-refractivity contribution in [2.75, 3.05) is 6.61 Å². The molecule has 0 aliphatic carbocycles. The van der Waals surface area contributed by atoms with Gasteiger partial charge in [0.1, 0.15) is 10.1 Å². The molecule has 1 aromatic carbocycles. The van der Waals surface area contributed by atoms with E-state index in [1.165, 1.54) is 11.3 Å². The van der Waals surface area contributed by atoms with Crippen LogP contribution in [0.5, 0.6) is 5.75 Å². The van der Waals surface area contributed by atoms with Gasteiger partial charge in [-0.05, 0) is 46.6 Å². The molecule has 5 heteroatoms. The monoisotopic (exact) mass is 364 g/mol. The summed E-state index contributed by atoms with van der Waals surface area (Å²) in [5.41, 5.74) is 1.03. The Morgan fingerprint density at radius 3 is 2.50 bits per heavy atom. The van der Waals surface area contributed by atoms with Crippen molar-refractivity contribution in [2.45, 2.75) is 12.3 Å². The van der Waals surface area contributed by atoms with Crippen molar-refractivity contribution in [3.8, 4) is 5.75 Å². The fraction of sp³-hybridized carbons (Fsp3) is 0.231. The van der Waals surface area contributed by atoms with Crippen molar-refractivity contribution in [1.82, 2.24) is 0 Å². The first-order valence-corrected chi connectivity index (χ1v) is 7.85. The molecule has 0 spiro atoms. The van der Waals surface area contributed by atoms with Crippen LogP contribution in [0.1, 0.15) is 22.7 Å². The van der Waals surface area contributed by atoms with Crippen LogP contribution < -0.4 is 4.74 Å². The maximum Gasteiger partial charge on any atom is 0.119 e. The van der Waals surface area contributed by atoms with Crippen LogP contribution in [0.2, 0.25) is 4.34 Å². The first-order valence-electron chi connectivity index (χ1n) is 5.43. The zero-order chi connectivity index (χ0) is 13.1. The second-order valence-electron chi connectivity index (χ2n) is 3.64. The predicted molar refractivity (Wildman–Crippen MR) is 82.3 cm³/mol. The Morgan fingerprint density at radius 2 is 2.00 bits per heavy atom. The molecule has 0 amide bonds. The van der Waals surface area contributed by atoms with Gasteiger partial charge in [0.25, 0.3) is 0 Å². The molecule has 1 nitrogen and oxygen atoms in total. The normalized spacial score (nSPS) is 12.4. The summed E-state index contributed by atoms with van der Waals surface area (Å²) in [7, 11) is 0. The number of thiophene rings is 1. The maximum atomic E-state index is 6.44. The number of ether oxygens (including phenoxy) is 1. The molecule has 0 saturated carbocycles. The Labute approximate surface area is 129 Å². The summed E-state index contributed by atoms with van der Waals surface area (Å²) in [6.45, 7) is 2.63. The molecule has 18 heavy (non-hydrogen) atoms. The van der Waals surface area contributed by atoms with Crippen molar-refractivity contribution in [3.63, 3.8) is 0 Å². The van der Waals surface area contributed by atoms with E-state index >= 15 is 0 Å². The Morgan fingerprint density at radius 1 is 1.33 bits per heavy atom. The molecule has 2 aromatic rings. The van der Waals surface area contributed by atoms with Gasteiger partial charge in [0.2, 0.25) is 0 Å². The van der Waals surface area contributed by atoms with E-state index in [1.54, 1.807) is 0 Å². The number of benzene rings is 1. The average Bonchev–Trinajstić information content (AvgIpc) is 2.70. The van der Waals surface area contributed by atoms with Crippen LogP contribution in [0.15, 0.2) is 34.8 Å². The molecule has 96 valence electrons. The summed E-state index contributed by atoms with van der Waals surface area (Å²) in [5, 5.41) is -0.186. The molecule has 1 heterocycles.